The molecule has 0 spiro atoms. The number of piperazine rings is 1. The van der Waals surface area contributed by atoms with Crippen molar-refractivity contribution in [2.24, 2.45) is 0 Å². The average Bonchev–Trinajstić information content (AvgIpc) is 2.95. The van der Waals surface area contributed by atoms with Crippen molar-refractivity contribution in [3.8, 4) is 11.1 Å². The number of alkyl halides is 6. The second-order valence-corrected chi connectivity index (χ2v) is 11.9. The standard InChI is InChI=1S/C31H35F6N4O2/c1-20-8-6-7-9-24(20)25-17-27(40-10-12-41(5,19-42)13-11-40)38-18-26(25)39(4)28(43)29(2,3)21-14-22(30(32,33)34)16-23(15-21)31(35,36)37/h6-9,14-18,42H,10-13,19H2,1-5H3/q+1. The highest BCUT2D eigenvalue weighted by Crippen LogP contribution is 2.41. The van der Waals surface area contributed by atoms with Crippen molar-refractivity contribution in [2.75, 3.05) is 56.8 Å². The number of rotatable bonds is 6. The fourth-order valence-electron chi connectivity index (χ4n) is 5.25. The van der Waals surface area contributed by atoms with Crippen molar-refractivity contribution in [3.05, 3.63) is 77.0 Å². The van der Waals surface area contributed by atoms with Gasteiger partial charge in [0.2, 0.25) is 5.91 Å². The fraction of sp³-hybridized carbons (Fsp3) is 0.419. The van der Waals surface area contributed by atoms with E-state index in [0.717, 1.165) is 11.1 Å². The Morgan fingerprint density at radius 2 is 1.47 bits per heavy atom. The van der Waals surface area contributed by atoms with Gasteiger partial charge in [0, 0.05) is 12.6 Å². The Labute approximate surface area is 246 Å². The normalized spacial score (nSPS) is 15.9. The molecule has 0 bridgehead atoms. The van der Waals surface area contributed by atoms with Crippen LogP contribution in [0.25, 0.3) is 11.1 Å². The van der Waals surface area contributed by atoms with Crippen LogP contribution in [0.15, 0.2) is 54.7 Å². The highest BCUT2D eigenvalue weighted by atomic mass is 19.4. The quantitative estimate of drug-likeness (QED) is 0.265. The molecule has 0 aliphatic carbocycles. The van der Waals surface area contributed by atoms with E-state index in [4.69, 9.17) is 0 Å². The molecule has 0 unspecified atom stereocenters. The zero-order valence-corrected chi connectivity index (χ0v) is 24.6. The Hall–Kier alpha value is -3.64. The van der Waals surface area contributed by atoms with Gasteiger partial charge in [-0.3, -0.25) is 4.79 Å². The Kier molecular flexibility index (Phi) is 8.60. The summed E-state index contributed by atoms with van der Waals surface area (Å²) in [5, 5.41) is 9.73. The van der Waals surface area contributed by atoms with Gasteiger partial charge in [-0.15, -0.1) is 0 Å². The number of quaternary nitrogens is 1. The Morgan fingerprint density at radius 1 is 0.930 bits per heavy atom. The van der Waals surface area contributed by atoms with Gasteiger partial charge in [0.1, 0.15) is 5.82 Å². The summed E-state index contributed by atoms with van der Waals surface area (Å²) < 4.78 is 82.1. The number of anilines is 2. The van der Waals surface area contributed by atoms with Crippen molar-refractivity contribution in [1.82, 2.24) is 4.98 Å². The lowest BCUT2D eigenvalue weighted by Gasteiger charge is -2.41. The van der Waals surface area contributed by atoms with Gasteiger partial charge in [0.05, 0.1) is 61.7 Å². The largest absolute Gasteiger partial charge is 0.416 e. The molecule has 1 saturated heterocycles. The number of hydrogen-bond acceptors (Lipinski definition) is 4. The molecule has 1 aliphatic rings. The smallest absolute Gasteiger partial charge is 0.347 e. The van der Waals surface area contributed by atoms with Crippen LogP contribution in [-0.4, -0.2) is 67.5 Å². The van der Waals surface area contributed by atoms with E-state index in [2.05, 4.69) is 9.88 Å². The van der Waals surface area contributed by atoms with Crippen LogP contribution in [0.4, 0.5) is 37.8 Å². The first-order valence-corrected chi connectivity index (χ1v) is 13.7. The van der Waals surface area contributed by atoms with Gasteiger partial charge >= 0.3 is 12.4 Å². The Bertz CT molecular complexity index is 1460. The number of hydrogen-bond donors (Lipinski definition) is 1. The molecular weight excluding hydrogens is 574 g/mol. The molecule has 2 aromatic carbocycles. The molecule has 0 atom stereocenters. The fourth-order valence-corrected chi connectivity index (χ4v) is 5.25. The molecular formula is C31H35F6N4O2+. The zero-order valence-electron chi connectivity index (χ0n) is 24.6. The number of aryl methyl sites for hydroxylation is 1. The number of nitrogens with zero attached hydrogens (tertiary/aromatic N) is 4. The van der Waals surface area contributed by atoms with Crippen molar-refractivity contribution in [1.29, 1.82) is 0 Å². The zero-order chi connectivity index (χ0) is 32.0. The molecule has 1 N–H and O–H groups in total. The summed E-state index contributed by atoms with van der Waals surface area (Å²) in [7, 11) is 3.41. The number of halogens is 6. The first kappa shape index (κ1) is 32.3. The maximum Gasteiger partial charge on any atom is 0.416 e. The summed E-state index contributed by atoms with van der Waals surface area (Å²) in [6, 6.07) is 10.6. The minimum atomic E-state index is -5.04. The Balaban J connectivity index is 1.78. The highest BCUT2D eigenvalue weighted by Gasteiger charge is 2.41. The van der Waals surface area contributed by atoms with E-state index >= 15 is 0 Å². The number of benzene rings is 2. The third-order valence-corrected chi connectivity index (χ3v) is 8.30. The molecule has 12 heteroatoms. The van der Waals surface area contributed by atoms with E-state index in [1.54, 1.807) is 0 Å². The first-order valence-electron chi connectivity index (χ1n) is 13.7. The van der Waals surface area contributed by atoms with Gasteiger partial charge in [-0.2, -0.15) is 26.3 Å². The van der Waals surface area contributed by atoms with Gasteiger partial charge in [-0.25, -0.2) is 4.98 Å². The van der Waals surface area contributed by atoms with Crippen molar-refractivity contribution in [3.63, 3.8) is 0 Å². The average molecular weight is 610 g/mol. The third kappa shape index (κ3) is 6.65. The number of aliphatic hydroxyl groups is 1. The number of carbonyl (C=O) groups excluding carboxylic acids is 1. The number of aliphatic hydroxyl groups excluding tert-OH is 1. The number of carbonyl (C=O) groups is 1. The monoisotopic (exact) mass is 609 g/mol. The summed E-state index contributed by atoms with van der Waals surface area (Å²) in [6.07, 6.45) is -8.57. The number of likely N-dealkylation sites (N-methyl/N-ethyl adjacent to an activating group) is 2. The van der Waals surface area contributed by atoms with Crippen LogP contribution in [0, 0.1) is 6.92 Å². The summed E-state index contributed by atoms with van der Waals surface area (Å²) in [5.74, 6) is -0.0580. The van der Waals surface area contributed by atoms with Gasteiger partial charge in [-0.1, -0.05) is 24.3 Å². The third-order valence-electron chi connectivity index (χ3n) is 8.30. The molecule has 1 fully saturated rings. The number of aromatic nitrogens is 1. The van der Waals surface area contributed by atoms with E-state index < -0.39 is 40.4 Å². The van der Waals surface area contributed by atoms with E-state index in [1.165, 1.54) is 32.0 Å². The van der Waals surface area contributed by atoms with Gasteiger partial charge in [0.25, 0.3) is 0 Å². The summed E-state index contributed by atoms with van der Waals surface area (Å²) in [6.45, 7) is 7.20. The maximum atomic E-state index is 13.9. The molecule has 1 amide bonds. The summed E-state index contributed by atoms with van der Waals surface area (Å²) >= 11 is 0. The van der Waals surface area contributed by atoms with E-state index in [0.29, 0.717) is 59.9 Å². The van der Waals surface area contributed by atoms with Crippen LogP contribution in [0.5, 0.6) is 0 Å². The SMILES string of the molecule is Cc1ccccc1-c1cc(N2CC[N+](C)(CO)CC2)ncc1N(C)C(=O)C(C)(C)c1cc(C(F)(F)F)cc(C(F)(F)F)c1. The minimum absolute atomic E-state index is 0.0215. The van der Waals surface area contributed by atoms with Crippen LogP contribution in [0.3, 0.4) is 0 Å². The van der Waals surface area contributed by atoms with Crippen molar-refractivity contribution < 1.29 is 40.7 Å². The second-order valence-electron chi connectivity index (χ2n) is 11.9. The molecule has 232 valence electrons. The number of pyridine rings is 1. The molecule has 4 rings (SSSR count). The van der Waals surface area contributed by atoms with Gasteiger partial charge < -0.3 is 19.4 Å². The first-order chi connectivity index (χ1) is 19.9. The predicted octanol–water partition coefficient (Wildman–Crippen LogP) is 6.25. The van der Waals surface area contributed by atoms with Gasteiger partial charge in [0.15, 0.2) is 6.73 Å². The minimum Gasteiger partial charge on any atom is -0.347 e. The van der Waals surface area contributed by atoms with Crippen LogP contribution < -0.4 is 9.80 Å². The molecule has 0 radical (unpaired) electrons. The molecule has 2 heterocycles. The van der Waals surface area contributed by atoms with Crippen LogP contribution in [0.2, 0.25) is 0 Å². The highest BCUT2D eigenvalue weighted by molar-refractivity contribution is 6.03. The van der Waals surface area contributed by atoms with Crippen LogP contribution in [-0.2, 0) is 22.6 Å². The molecule has 3 aromatic rings. The molecule has 43 heavy (non-hydrogen) atoms. The summed E-state index contributed by atoms with van der Waals surface area (Å²) in [5.41, 5.74) is -2.45. The predicted molar refractivity (Wildman–Crippen MR) is 153 cm³/mol. The summed E-state index contributed by atoms with van der Waals surface area (Å²) in [4.78, 5) is 21.9. The van der Waals surface area contributed by atoms with E-state index in [-0.39, 0.29) is 12.8 Å². The van der Waals surface area contributed by atoms with Crippen LogP contribution >= 0.6 is 0 Å². The molecule has 0 saturated carbocycles. The van der Waals surface area contributed by atoms with E-state index in [1.807, 2.05) is 44.3 Å². The van der Waals surface area contributed by atoms with Gasteiger partial charge in [-0.05, 0) is 61.7 Å². The Morgan fingerprint density at radius 3 is 1.98 bits per heavy atom. The van der Waals surface area contributed by atoms with E-state index in [9.17, 15) is 36.2 Å². The molecule has 1 aliphatic heterocycles. The van der Waals surface area contributed by atoms with Crippen molar-refractivity contribution >= 4 is 17.4 Å². The topological polar surface area (TPSA) is 56.7 Å². The lowest BCUT2D eigenvalue weighted by molar-refractivity contribution is -0.927. The maximum absolute atomic E-state index is 13.9. The number of amides is 1. The molecule has 6 nitrogen and oxygen atoms in total. The lowest BCUT2D eigenvalue weighted by atomic mass is 9.81. The van der Waals surface area contributed by atoms with Crippen molar-refractivity contribution in [2.45, 2.75) is 38.5 Å². The molecule has 1 aromatic heterocycles. The van der Waals surface area contributed by atoms with Crippen LogP contribution in [0.1, 0.15) is 36.1 Å². The second kappa shape index (κ2) is 11.5. The lowest BCUT2D eigenvalue weighted by Crippen LogP contribution is -2.57.